The Kier molecular flexibility index (Phi) is 10.4. The fraction of sp³-hybridized carbons (Fsp3) is 0.318. The van der Waals surface area contributed by atoms with Crippen molar-refractivity contribution in [2.75, 3.05) is 11.5 Å². The summed E-state index contributed by atoms with van der Waals surface area (Å²) in [6.07, 6.45) is -7.01. The Bertz CT molecular complexity index is 1070. The van der Waals surface area contributed by atoms with Crippen LogP contribution in [0.1, 0.15) is 34.3 Å². The van der Waals surface area contributed by atoms with E-state index < -0.39 is 51.8 Å². The van der Waals surface area contributed by atoms with Crippen molar-refractivity contribution >= 4 is 62.9 Å². The van der Waals surface area contributed by atoms with Gasteiger partial charge in [-0.05, 0) is 58.2 Å². The molecule has 35 heavy (non-hydrogen) atoms. The van der Waals surface area contributed by atoms with Gasteiger partial charge in [-0.15, -0.1) is 0 Å². The highest BCUT2D eigenvalue weighted by Gasteiger charge is 2.39. The van der Waals surface area contributed by atoms with Crippen LogP contribution in [0.2, 0.25) is 10.0 Å². The summed E-state index contributed by atoms with van der Waals surface area (Å²) in [5, 5.41) is 1.49. The normalized spacial score (nSPS) is 14.3. The zero-order chi connectivity index (χ0) is 26.6. The summed E-state index contributed by atoms with van der Waals surface area (Å²) in [5.74, 6) is -4.70. The third kappa shape index (κ3) is 9.18. The Morgan fingerprint density at radius 1 is 1.11 bits per heavy atom. The minimum absolute atomic E-state index is 0.0416. The Morgan fingerprint density at radius 2 is 1.71 bits per heavy atom. The molecule has 0 spiro atoms. The first-order valence-corrected chi connectivity index (χ1v) is 12.4. The third-order valence-corrected chi connectivity index (χ3v) is 6.92. The van der Waals surface area contributed by atoms with Gasteiger partial charge in [0.25, 0.3) is 5.91 Å². The molecule has 1 unspecified atom stereocenters. The van der Waals surface area contributed by atoms with Gasteiger partial charge in [-0.2, -0.15) is 38.1 Å². The van der Waals surface area contributed by atoms with Crippen LogP contribution < -0.4 is 5.32 Å². The number of alkyl halides is 6. The quantitative estimate of drug-likeness (QED) is 0.235. The first kappa shape index (κ1) is 29.8. The fourth-order valence-electron chi connectivity index (χ4n) is 2.89. The molecule has 0 aromatic heterocycles. The number of nitrogens with one attached hydrogen (secondary N) is 1. The largest absolute Gasteiger partial charge is 0.399 e. The van der Waals surface area contributed by atoms with Crippen LogP contribution in [-0.4, -0.2) is 35.8 Å². The molecular formula is C22H17BrCl2F7NOS. The summed E-state index contributed by atoms with van der Waals surface area (Å²) < 4.78 is 91.5. The molecule has 0 aliphatic carbocycles. The van der Waals surface area contributed by atoms with Gasteiger partial charge in [0.05, 0.1) is 27.3 Å². The number of carbonyl (C=O) groups excluding carboxylic acids is 1. The molecule has 1 amide bonds. The van der Waals surface area contributed by atoms with E-state index in [9.17, 15) is 35.5 Å². The second-order valence-electron chi connectivity index (χ2n) is 7.42. The summed E-state index contributed by atoms with van der Waals surface area (Å²) >= 11 is 15.1. The molecule has 2 aromatic carbocycles. The van der Waals surface area contributed by atoms with Gasteiger partial charge in [-0.1, -0.05) is 41.4 Å². The third-order valence-electron chi connectivity index (χ3n) is 4.45. The molecule has 0 bridgehead atoms. The molecule has 0 aliphatic heterocycles. The van der Waals surface area contributed by atoms with Crippen molar-refractivity contribution < 1.29 is 35.5 Å². The number of benzene rings is 2. The van der Waals surface area contributed by atoms with E-state index in [1.54, 1.807) is 6.92 Å². The van der Waals surface area contributed by atoms with E-state index >= 15 is 0 Å². The lowest BCUT2D eigenvalue weighted by molar-refractivity contribution is -0.139. The van der Waals surface area contributed by atoms with Gasteiger partial charge in [-0.3, -0.25) is 4.79 Å². The highest BCUT2D eigenvalue weighted by molar-refractivity contribution is 9.10. The van der Waals surface area contributed by atoms with E-state index in [4.69, 9.17) is 23.2 Å². The Labute approximate surface area is 219 Å². The van der Waals surface area contributed by atoms with Gasteiger partial charge >= 0.3 is 12.4 Å². The second-order valence-corrected chi connectivity index (χ2v) is 10.1. The van der Waals surface area contributed by atoms with Crippen LogP contribution in [0.3, 0.4) is 0 Å². The number of carbonyl (C=O) groups is 1. The van der Waals surface area contributed by atoms with E-state index in [0.29, 0.717) is 17.3 Å². The minimum atomic E-state index is -4.72. The van der Waals surface area contributed by atoms with Crippen LogP contribution in [0.4, 0.5) is 30.7 Å². The molecule has 2 aromatic rings. The van der Waals surface area contributed by atoms with E-state index in [-0.39, 0.29) is 21.4 Å². The molecule has 0 saturated carbocycles. The summed E-state index contributed by atoms with van der Waals surface area (Å²) in [6.45, 7) is 1.55. The van der Waals surface area contributed by atoms with Crippen molar-refractivity contribution in [3.8, 4) is 0 Å². The molecule has 13 heteroatoms. The summed E-state index contributed by atoms with van der Waals surface area (Å²) in [7, 11) is 0. The number of rotatable bonds is 8. The summed E-state index contributed by atoms with van der Waals surface area (Å²) in [6, 6.07) is 5.32. The van der Waals surface area contributed by atoms with Crippen LogP contribution in [0.25, 0.3) is 6.08 Å². The maximum atomic E-state index is 13.6. The fourth-order valence-corrected chi connectivity index (χ4v) is 4.75. The lowest BCUT2D eigenvalue weighted by Crippen LogP contribution is -2.34. The van der Waals surface area contributed by atoms with Gasteiger partial charge in [-0.25, -0.2) is 4.39 Å². The molecule has 0 aliphatic rings. The van der Waals surface area contributed by atoms with E-state index in [1.165, 1.54) is 24.3 Å². The highest BCUT2D eigenvalue weighted by Crippen LogP contribution is 2.39. The highest BCUT2D eigenvalue weighted by atomic mass is 79.9. The average molecular weight is 627 g/mol. The minimum Gasteiger partial charge on any atom is -0.349 e. The van der Waals surface area contributed by atoms with E-state index in [2.05, 4.69) is 21.2 Å². The van der Waals surface area contributed by atoms with Crippen molar-refractivity contribution in [3.63, 3.8) is 0 Å². The van der Waals surface area contributed by atoms with E-state index in [1.807, 2.05) is 0 Å². The van der Waals surface area contributed by atoms with Gasteiger partial charge in [0.1, 0.15) is 0 Å². The van der Waals surface area contributed by atoms with Crippen LogP contribution in [0.15, 0.2) is 40.9 Å². The molecule has 0 saturated heterocycles. The number of halogens is 10. The molecule has 1 N–H and O–H groups in total. The van der Waals surface area contributed by atoms with E-state index in [0.717, 1.165) is 18.2 Å². The van der Waals surface area contributed by atoms with Crippen LogP contribution in [0.5, 0.6) is 0 Å². The number of thioether (sulfide) groups is 1. The van der Waals surface area contributed by atoms with Crippen molar-refractivity contribution in [2.24, 2.45) is 0 Å². The smallest absolute Gasteiger partial charge is 0.349 e. The summed E-state index contributed by atoms with van der Waals surface area (Å²) in [4.78, 5) is 12.4. The molecule has 2 atom stereocenters. The number of allylic oxidation sites excluding steroid dienone is 1. The molecule has 192 valence electrons. The Hall–Kier alpha value is -1.43. The first-order chi connectivity index (χ1) is 16.1. The maximum absolute atomic E-state index is 13.6. The first-order valence-electron chi connectivity index (χ1n) is 9.72. The van der Waals surface area contributed by atoms with Crippen molar-refractivity contribution in [3.05, 3.63) is 73.4 Å². The Morgan fingerprint density at radius 3 is 2.23 bits per heavy atom. The zero-order valence-electron chi connectivity index (χ0n) is 17.7. The summed E-state index contributed by atoms with van der Waals surface area (Å²) in [5.41, 5.74) is 0.118. The molecule has 0 radical (unpaired) electrons. The van der Waals surface area contributed by atoms with Crippen molar-refractivity contribution in [1.82, 2.24) is 5.32 Å². The molecule has 2 rings (SSSR count). The van der Waals surface area contributed by atoms with Gasteiger partial charge in [0.15, 0.2) is 5.82 Å². The number of amides is 1. The molecule has 0 fully saturated rings. The van der Waals surface area contributed by atoms with Crippen LogP contribution in [0, 0.1) is 5.82 Å². The molecular weight excluding hydrogens is 610 g/mol. The standard InChI is InChI=1S/C22H17BrCl2F7NOS/c1-11(9-35-10-21(27,28)29)33-20(34)14-4-2-12(6-16(14)23)3-5-15(22(30,31)32)13-7-17(24)19(26)18(25)8-13/h2-8,11,15H,9-10H2,1H3,(H,33,34)/b5-3+/t11-,15?/m1/s1. The topological polar surface area (TPSA) is 29.1 Å². The van der Waals surface area contributed by atoms with Gasteiger partial charge in [0, 0.05) is 16.3 Å². The van der Waals surface area contributed by atoms with Crippen molar-refractivity contribution in [1.29, 1.82) is 0 Å². The van der Waals surface area contributed by atoms with Gasteiger partial charge < -0.3 is 5.32 Å². The monoisotopic (exact) mass is 625 g/mol. The molecule has 2 nitrogen and oxygen atoms in total. The Balaban J connectivity index is 2.16. The SMILES string of the molecule is C[C@H](CSCC(F)(F)F)NC(=O)c1ccc(/C=C/C(c2cc(Cl)c(F)c(Cl)c2)C(F)(F)F)cc1Br. The lowest BCUT2D eigenvalue weighted by Gasteiger charge is -2.18. The van der Waals surface area contributed by atoms with Crippen LogP contribution >= 0.6 is 50.9 Å². The predicted molar refractivity (Wildman–Crippen MR) is 129 cm³/mol. The van der Waals surface area contributed by atoms with Gasteiger partial charge in [0.2, 0.25) is 0 Å². The average Bonchev–Trinajstić information content (AvgIpc) is 2.70. The second kappa shape index (κ2) is 12.2. The number of hydrogen-bond acceptors (Lipinski definition) is 2. The lowest BCUT2D eigenvalue weighted by atomic mass is 9.96. The molecule has 0 heterocycles. The number of hydrogen-bond donors (Lipinski definition) is 1. The van der Waals surface area contributed by atoms with Crippen molar-refractivity contribution in [2.45, 2.75) is 31.2 Å². The zero-order valence-corrected chi connectivity index (χ0v) is 21.6. The predicted octanol–water partition coefficient (Wildman–Crippen LogP) is 8.67. The van der Waals surface area contributed by atoms with Crippen LogP contribution in [-0.2, 0) is 0 Å². The maximum Gasteiger partial charge on any atom is 0.399 e.